The van der Waals surface area contributed by atoms with Gasteiger partial charge in [0.25, 0.3) is 0 Å². The van der Waals surface area contributed by atoms with Crippen LogP contribution in [0.3, 0.4) is 0 Å². The second kappa shape index (κ2) is 6.34. The number of hydrogen-bond acceptors (Lipinski definition) is 1. The lowest BCUT2D eigenvalue weighted by atomic mass is 9.91. The number of rotatable bonds is 1. The molecule has 2 aliphatic rings. The molecule has 0 amide bonds. The average molecular weight is 310 g/mol. The van der Waals surface area contributed by atoms with Crippen LogP contribution >= 0.6 is 24.8 Å². The van der Waals surface area contributed by atoms with Gasteiger partial charge in [-0.15, -0.1) is 24.8 Å². The van der Waals surface area contributed by atoms with Crippen molar-refractivity contribution in [2.45, 2.75) is 18.8 Å². The molecule has 0 radical (unpaired) electrons. The van der Waals surface area contributed by atoms with Crippen molar-refractivity contribution in [3.8, 4) is 0 Å². The summed E-state index contributed by atoms with van der Waals surface area (Å²) in [7, 11) is 0. The number of nitrogens with one attached hydrogen (secondary N) is 1. The van der Waals surface area contributed by atoms with E-state index in [-0.39, 0.29) is 24.8 Å². The minimum absolute atomic E-state index is 0. The molecule has 1 aliphatic carbocycles. The Kier molecular flexibility index (Phi) is 4.95. The molecule has 1 aliphatic heterocycles. The first-order valence-corrected chi connectivity index (χ1v) is 7.10. The molecule has 0 aromatic heterocycles. The smallest absolute Gasteiger partial charge is 0.00171 e. The van der Waals surface area contributed by atoms with Crippen LogP contribution in [-0.4, -0.2) is 13.1 Å². The number of benzene rings is 2. The number of halogens is 2. The minimum atomic E-state index is 0. The molecule has 2 atom stereocenters. The third-order valence-electron chi connectivity index (χ3n) is 4.92. The SMILES string of the molecule is Cl.Cl.c1ccc2c(C3CC4CNCC4C3)cccc2c1. The predicted molar refractivity (Wildman–Crippen MR) is 90.3 cm³/mol. The van der Waals surface area contributed by atoms with Crippen LogP contribution in [0.1, 0.15) is 24.3 Å². The van der Waals surface area contributed by atoms with Crippen LogP contribution in [0.2, 0.25) is 0 Å². The summed E-state index contributed by atoms with van der Waals surface area (Å²) in [5.74, 6) is 2.64. The van der Waals surface area contributed by atoms with Gasteiger partial charge in [-0.25, -0.2) is 0 Å². The predicted octanol–water partition coefficient (Wildman–Crippen LogP) is 4.40. The fraction of sp³-hybridized carbons (Fsp3) is 0.412. The van der Waals surface area contributed by atoms with Crippen LogP contribution in [0.5, 0.6) is 0 Å². The first-order chi connectivity index (χ1) is 8.92. The van der Waals surface area contributed by atoms with E-state index in [0.29, 0.717) is 0 Å². The molecule has 2 unspecified atom stereocenters. The molecule has 108 valence electrons. The standard InChI is InChI=1S/C17H19N.2ClH/c1-2-6-16-12(4-1)5-3-7-17(16)13-8-14-10-18-11-15(14)9-13;;/h1-7,13-15,18H,8-11H2;2*1H. The second-order valence-corrected chi connectivity index (χ2v) is 5.92. The maximum atomic E-state index is 3.53. The maximum absolute atomic E-state index is 3.53. The molecule has 1 saturated carbocycles. The van der Waals surface area contributed by atoms with Crippen LogP contribution in [0.25, 0.3) is 10.8 Å². The number of fused-ring (bicyclic) bond motifs is 2. The zero-order valence-electron chi connectivity index (χ0n) is 11.4. The summed E-state index contributed by atoms with van der Waals surface area (Å²) < 4.78 is 0. The van der Waals surface area contributed by atoms with Crippen LogP contribution in [-0.2, 0) is 0 Å². The van der Waals surface area contributed by atoms with Crippen molar-refractivity contribution >= 4 is 35.6 Å². The Labute approximate surface area is 133 Å². The van der Waals surface area contributed by atoms with E-state index in [0.717, 1.165) is 17.8 Å². The molecule has 0 spiro atoms. The fourth-order valence-electron chi connectivity index (χ4n) is 4.03. The van der Waals surface area contributed by atoms with Gasteiger partial charge in [0.2, 0.25) is 0 Å². The normalized spacial score (nSPS) is 27.7. The molecule has 1 saturated heterocycles. The minimum Gasteiger partial charge on any atom is -0.316 e. The van der Waals surface area contributed by atoms with Crippen molar-refractivity contribution in [3.63, 3.8) is 0 Å². The van der Waals surface area contributed by atoms with Crippen LogP contribution in [0, 0.1) is 11.8 Å². The Balaban J connectivity index is 0.000000735. The lowest BCUT2D eigenvalue weighted by molar-refractivity contribution is 0.494. The fourth-order valence-corrected chi connectivity index (χ4v) is 4.03. The summed E-state index contributed by atoms with van der Waals surface area (Å²) in [5.41, 5.74) is 1.59. The zero-order chi connectivity index (χ0) is 11.9. The highest BCUT2D eigenvalue weighted by Crippen LogP contribution is 2.45. The molecule has 0 bridgehead atoms. The summed E-state index contributed by atoms with van der Waals surface area (Å²) in [6.45, 7) is 2.48. The van der Waals surface area contributed by atoms with Crippen molar-refractivity contribution < 1.29 is 0 Å². The van der Waals surface area contributed by atoms with E-state index in [1.165, 1.54) is 36.7 Å². The van der Waals surface area contributed by atoms with Crippen molar-refractivity contribution in [1.29, 1.82) is 0 Å². The highest BCUT2D eigenvalue weighted by molar-refractivity contribution is 5.86. The van der Waals surface area contributed by atoms with Gasteiger partial charge in [0.05, 0.1) is 0 Å². The summed E-state index contributed by atoms with van der Waals surface area (Å²) in [4.78, 5) is 0. The average Bonchev–Trinajstić information content (AvgIpc) is 2.99. The zero-order valence-corrected chi connectivity index (χ0v) is 13.1. The Bertz CT molecular complexity index is 567. The molecular formula is C17H21Cl2N. The van der Waals surface area contributed by atoms with Crippen LogP contribution in [0.4, 0.5) is 0 Å². The highest BCUT2D eigenvalue weighted by atomic mass is 35.5. The van der Waals surface area contributed by atoms with Crippen LogP contribution < -0.4 is 5.32 Å². The second-order valence-electron chi connectivity index (χ2n) is 5.92. The van der Waals surface area contributed by atoms with Crippen molar-refractivity contribution in [1.82, 2.24) is 5.32 Å². The molecule has 1 heterocycles. The van der Waals surface area contributed by atoms with Gasteiger partial charge in [-0.3, -0.25) is 0 Å². The summed E-state index contributed by atoms with van der Waals surface area (Å²) in [5, 5.41) is 6.40. The maximum Gasteiger partial charge on any atom is -0.00171 e. The van der Waals surface area contributed by atoms with E-state index in [1.807, 2.05) is 0 Å². The lowest BCUT2D eigenvalue weighted by Crippen LogP contribution is -2.11. The Hall–Kier alpha value is -0.760. The van der Waals surface area contributed by atoms with Crippen molar-refractivity contribution in [2.75, 3.05) is 13.1 Å². The van der Waals surface area contributed by atoms with E-state index in [9.17, 15) is 0 Å². The molecule has 2 aromatic carbocycles. The molecule has 2 aromatic rings. The monoisotopic (exact) mass is 309 g/mol. The molecule has 1 N–H and O–H groups in total. The first kappa shape index (κ1) is 15.6. The van der Waals surface area contributed by atoms with Gasteiger partial charge in [-0.2, -0.15) is 0 Å². The van der Waals surface area contributed by atoms with Crippen LogP contribution in [0.15, 0.2) is 42.5 Å². The van der Waals surface area contributed by atoms with Gasteiger partial charge in [-0.1, -0.05) is 42.5 Å². The van der Waals surface area contributed by atoms with E-state index in [4.69, 9.17) is 0 Å². The Morgan fingerprint density at radius 1 is 0.800 bits per heavy atom. The van der Waals surface area contributed by atoms with Crippen molar-refractivity contribution in [3.05, 3.63) is 48.0 Å². The molecule has 1 nitrogen and oxygen atoms in total. The lowest BCUT2D eigenvalue weighted by Gasteiger charge is -2.14. The first-order valence-electron chi connectivity index (χ1n) is 7.10. The van der Waals surface area contributed by atoms with E-state index in [2.05, 4.69) is 47.8 Å². The van der Waals surface area contributed by atoms with Gasteiger partial charge in [0.15, 0.2) is 0 Å². The van der Waals surface area contributed by atoms with Gasteiger partial charge < -0.3 is 5.32 Å². The molecule has 3 heteroatoms. The van der Waals surface area contributed by atoms with Gasteiger partial charge in [-0.05, 0) is 60.0 Å². The van der Waals surface area contributed by atoms with Crippen molar-refractivity contribution in [2.24, 2.45) is 11.8 Å². The molecule has 20 heavy (non-hydrogen) atoms. The molecule has 4 rings (SSSR count). The largest absolute Gasteiger partial charge is 0.316 e. The third-order valence-corrected chi connectivity index (χ3v) is 4.92. The summed E-state index contributed by atoms with van der Waals surface area (Å²) >= 11 is 0. The quantitative estimate of drug-likeness (QED) is 0.823. The molecular weight excluding hydrogens is 289 g/mol. The topological polar surface area (TPSA) is 12.0 Å². The van der Waals surface area contributed by atoms with E-state index >= 15 is 0 Å². The highest BCUT2D eigenvalue weighted by Gasteiger charge is 2.38. The molecule has 2 fully saturated rings. The summed E-state index contributed by atoms with van der Waals surface area (Å²) in [6.07, 6.45) is 2.76. The summed E-state index contributed by atoms with van der Waals surface area (Å²) in [6, 6.07) is 15.6. The Morgan fingerprint density at radius 3 is 2.20 bits per heavy atom. The van der Waals surface area contributed by atoms with Gasteiger partial charge in [0.1, 0.15) is 0 Å². The number of hydrogen-bond donors (Lipinski definition) is 1. The van der Waals surface area contributed by atoms with Gasteiger partial charge >= 0.3 is 0 Å². The third kappa shape index (κ3) is 2.55. The van der Waals surface area contributed by atoms with Gasteiger partial charge in [0, 0.05) is 0 Å². The van der Waals surface area contributed by atoms with E-state index in [1.54, 1.807) is 5.56 Å². The van der Waals surface area contributed by atoms with E-state index < -0.39 is 0 Å². The Morgan fingerprint density at radius 2 is 1.45 bits per heavy atom.